The summed E-state index contributed by atoms with van der Waals surface area (Å²) in [4.78, 5) is 71.4. The molecule has 13 heteroatoms. The number of piperidine rings is 1. The minimum absolute atomic E-state index is 0.0685. The second-order valence-electron chi connectivity index (χ2n) is 19.1. The lowest BCUT2D eigenvalue weighted by Crippen LogP contribution is -2.65. The Morgan fingerprint density at radius 2 is 1.50 bits per heavy atom. The van der Waals surface area contributed by atoms with Crippen LogP contribution in [0.3, 0.4) is 0 Å². The number of carbonyl (C=O) groups excluding carboxylic acids is 5. The Balaban J connectivity index is 1.40. The molecular formula is C41H67N5O7S. The lowest BCUT2D eigenvalue weighted by Gasteiger charge is -2.44. The number of fused-ring (bicyclic) bond motifs is 1. The molecule has 0 aromatic rings. The van der Waals surface area contributed by atoms with Crippen molar-refractivity contribution >= 4 is 39.4 Å². The van der Waals surface area contributed by atoms with Gasteiger partial charge in [0.2, 0.25) is 17.6 Å². The maximum absolute atomic E-state index is 15.0. The Hall–Kier alpha value is -2.96. The molecule has 0 bridgehead atoms. The van der Waals surface area contributed by atoms with Crippen molar-refractivity contribution in [2.24, 2.45) is 28.6 Å². The summed E-state index contributed by atoms with van der Waals surface area (Å²) in [5, 5.41) is 11.6. The molecule has 1 unspecified atom stereocenters. The summed E-state index contributed by atoms with van der Waals surface area (Å²) >= 11 is 0. The molecule has 5 rings (SSSR count). The van der Waals surface area contributed by atoms with Crippen molar-refractivity contribution in [2.45, 2.75) is 166 Å². The third-order valence-electron chi connectivity index (χ3n) is 13.9. The molecular weight excluding hydrogens is 707 g/mol. The zero-order valence-corrected chi connectivity index (χ0v) is 34.5. The second kappa shape index (κ2) is 16.3. The van der Waals surface area contributed by atoms with Crippen LogP contribution in [0.2, 0.25) is 0 Å². The van der Waals surface area contributed by atoms with E-state index in [1.807, 2.05) is 6.92 Å². The van der Waals surface area contributed by atoms with Gasteiger partial charge in [-0.05, 0) is 87.9 Å². The molecule has 1 heterocycles. The first-order valence-electron chi connectivity index (χ1n) is 20.6. The number of sulfone groups is 1. The normalized spacial score (nSPS) is 26.9. The van der Waals surface area contributed by atoms with Crippen LogP contribution in [0.4, 0.5) is 4.79 Å². The van der Waals surface area contributed by atoms with Crippen molar-refractivity contribution in [3.8, 4) is 0 Å². The third kappa shape index (κ3) is 9.02. The topological polar surface area (TPSA) is 171 Å². The number of carbonyl (C=O) groups is 5. The lowest BCUT2D eigenvalue weighted by molar-refractivity contribution is -0.146. The number of likely N-dealkylation sites (tertiary alicyclic amines) is 1. The van der Waals surface area contributed by atoms with Crippen LogP contribution < -0.4 is 21.3 Å². The van der Waals surface area contributed by atoms with E-state index in [1.165, 1.54) is 6.08 Å². The first-order chi connectivity index (χ1) is 25.3. The molecule has 12 nitrogen and oxygen atoms in total. The molecule has 0 radical (unpaired) electrons. The number of hydrogen-bond acceptors (Lipinski definition) is 7. The van der Waals surface area contributed by atoms with Crippen LogP contribution in [0.25, 0.3) is 0 Å². The van der Waals surface area contributed by atoms with Gasteiger partial charge in [0.25, 0.3) is 5.91 Å². The summed E-state index contributed by atoms with van der Waals surface area (Å²) in [6.45, 7) is 15.3. The van der Waals surface area contributed by atoms with Crippen molar-refractivity contribution in [2.75, 3.05) is 18.8 Å². The van der Waals surface area contributed by atoms with Crippen molar-refractivity contribution < 1.29 is 32.4 Å². The van der Waals surface area contributed by atoms with Gasteiger partial charge < -0.3 is 26.2 Å². The predicted molar refractivity (Wildman–Crippen MR) is 209 cm³/mol. The van der Waals surface area contributed by atoms with Crippen LogP contribution in [-0.2, 0) is 29.0 Å². The van der Waals surface area contributed by atoms with Gasteiger partial charge in [-0.2, -0.15) is 0 Å². The fraction of sp³-hybridized carbons (Fsp3) is 0.829. The highest BCUT2D eigenvalue weighted by Gasteiger charge is 2.70. The van der Waals surface area contributed by atoms with Gasteiger partial charge in [-0.15, -0.1) is 6.58 Å². The minimum atomic E-state index is -3.57. The molecule has 1 aliphatic heterocycles. The van der Waals surface area contributed by atoms with Gasteiger partial charge in [0, 0.05) is 13.1 Å². The van der Waals surface area contributed by atoms with Crippen LogP contribution >= 0.6 is 0 Å². The van der Waals surface area contributed by atoms with Crippen LogP contribution in [0, 0.1) is 28.6 Å². The summed E-state index contributed by atoms with van der Waals surface area (Å²) in [5.74, 6) is -2.05. The summed E-state index contributed by atoms with van der Waals surface area (Å²) < 4.78 is 26.0. The van der Waals surface area contributed by atoms with Gasteiger partial charge in [0.1, 0.15) is 12.1 Å². The number of amides is 5. The largest absolute Gasteiger partial charge is 0.346 e. The quantitative estimate of drug-likeness (QED) is 0.135. The first kappa shape index (κ1) is 42.2. The fourth-order valence-electron chi connectivity index (χ4n) is 9.80. The fourth-order valence-corrected chi connectivity index (χ4v) is 11.3. The van der Waals surface area contributed by atoms with Gasteiger partial charge in [-0.25, -0.2) is 13.2 Å². The summed E-state index contributed by atoms with van der Waals surface area (Å²) in [5.41, 5.74) is -1.74. The van der Waals surface area contributed by atoms with Gasteiger partial charge in [-0.3, -0.25) is 19.2 Å². The molecule has 0 spiro atoms. The zero-order valence-electron chi connectivity index (χ0n) is 33.7. The molecule has 0 aromatic carbocycles. The number of urea groups is 1. The molecule has 54 heavy (non-hydrogen) atoms. The molecule has 4 aliphatic carbocycles. The van der Waals surface area contributed by atoms with Gasteiger partial charge in [-0.1, -0.05) is 84.6 Å². The highest BCUT2D eigenvalue weighted by atomic mass is 32.2. The number of Topliss-reactive ketones (excluding diaryl/α,β-unsaturated/α-hetero) is 1. The monoisotopic (exact) mass is 773 g/mol. The summed E-state index contributed by atoms with van der Waals surface area (Å²) in [6.07, 6.45) is 13.7. The molecule has 1 saturated heterocycles. The SMILES string of the molecule is C=CCNC(=O)C(=O)C(CCC1CCC1)NC(=O)[C@@H]1[C@@H]2[C@H](CN1C(=O)[C@@H](NC(=O)NC1(CS(=O)(=O)C(C)(C)C)CCCCC1)C1(C)CCCCC1)C2(C)C. The van der Waals surface area contributed by atoms with Gasteiger partial charge in [0.05, 0.1) is 22.1 Å². The van der Waals surface area contributed by atoms with E-state index in [1.54, 1.807) is 25.7 Å². The summed E-state index contributed by atoms with van der Waals surface area (Å²) in [7, 11) is -3.57. The van der Waals surface area contributed by atoms with Crippen LogP contribution in [0.15, 0.2) is 12.7 Å². The summed E-state index contributed by atoms with van der Waals surface area (Å²) in [6, 6.07) is -3.40. The van der Waals surface area contributed by atoms with E-state index in [2.05, 4.69) is 41.7 Å². The average molecular weight is 774 g/mol. The van der Waals surface area contributed by atoms with Gasteiger partial charge in [0.15, 0.2) is 9.84 Å². The Bertz CT molecular complexity index is 1550. The van der Waals surface area contributed by atoms with Crippen molar-refractivity contribution in [3.05, 3.63) is 12.7 Å². The number of hydrogen-bond donors (Lipinski definition) is 4. The van der Waals surface area contributed by atoms with E-state index < -0.39 is 67.3 Å². The molecule has 5 atom stereocenters. The number of nitrogens with zero attached hydrogens (tertiary/aromatic N) is 1. The van der Waals surface area contributed by atoms with Gasteiger partial charge >= 0.3 is 6.03 Å². The van der Waals surface area contributed by atoms with Crippen molar-refractivity contribution in [1.82, 2.24) is 26.2 Å². The van der Waals surface area contributed by atoms with E-state index in [-0.39, 0.29) is 35.5 Å². The lowest BCUT2D eigenvalue weighted by atomic mass is 9.70. The number of ketones is 1. The van der Waals surface area contributed by atoms with E-state index in [9.17, 15) is 32.4 Å². The van der Waals surface area contributed by atoms with E-state index in [0.717, 1.165) is 57.8 Å². The Morgan fingerprint density at radius 1 is 0.889 bits per heavy atom. The van der Waals surface area contributed by atoms with Crippen molar-refractivity contribution in [3.63, 3.8) is 0 Å². The van der Waals surface area contributed by atoms with E-state index in [4.69, 9.17) is 0 Å². The highest BCUT2D eigenvalue weighted by Crippen LogP contribution is 2.65. The molecule has 5 amide bonds. The standard InChI is InChI=1S/C41H67N5O7S/c1-8-24-42-35(49)32(47)29(19-18-27-16-15-17-27)43-34(48)31-30-28(39(30,5)6)25-46(31)36(50)33(40(7)20-11-9-12-21-40)44-37(51)45-41(22-13-10-14-23-41)26-54(52,53)38(2,3)4/h8,27-31,33H,1,9-26H2,2-7H3,(H,42,49)(H,43,48)(H2,44,45,51)/t28-,29?,30-,31-,33+/m0/s1. The van der Waals surface area contributed by atoms with Crippen LogP contribution in [0.1, 0.15) is 138 Å². The molecule has 4 N–H and O–H groups in total. The minimum Gasteiger partial charge on any atom is -0.346 e. The smallest absolute Gasteiger partial charge is 0.315 e. The molecule has 5 aliphatic rings. The van der Waals surface area contributed by atoms with Crippen molar-refractivity contribution in [1.29, 1.82) is 0 Å². The maximum Gasteiger partial charge on any atom is 0.315 e. The average Bonchev–Trinajstić information content (AvgIpc) is 3.38. The Morgan fingerprint density at radius 3 is 2.06 bits per heavy atom. The maximum atomic E-state index is 15.0. The number of nitrogens with one attached hydrogen (secondary N) is 4. The Kier molecular flexibility index (Phi) is 12.7. The third-order valence-corrected chi connectivity index (χ3v) is 16.7. The molecule has 5 fully saturated rings. The molecule has 4 saturated carbocycles. The predicted octanol–water partition coefficient (Wildman–Crippen LogP) is 4.96. The highest BCUT2D eigenvalue weighted by molar-refractivity contribution is 7.92. The zero-order chi connectivity index (χ0) is 39.7. The van der Waals surface area contributed by atoms with E-state index >= 15 is 0 Å². The van der Waals surface area contributed by atoms with E-state index in [0.29, 0.717) is 51.0 Å². The van der Waals surface area contributed by atoms with Crippen LogP contribution in [-0.4, -0.2) is 90.1 Å². The molecule has 0 aromatic heterocycles. The number of rotatable bonds is 15. The molecule has 304 valence electrons. The second-order valence-corrected chi connectivity index (χ2v) is 21.9. The Labute approximate surface area is 323 Å². The van der Waals surface area contributed by atoms with Crippen LogP contribution in [0.5, 0.6) is 0 Å². The first-order valence-corrected chi connectivity index (χ1v) is 22.3.